The molecule has 1 fully saturated rings. The van der Waals surface area contributed by atoms with E-state index in [0.717, 1.165) is 0 Å². The Hall–Kier alpha value is -1.59. The fourth-order valence-electron chi connectivity index (χ4n) is 1.08. The summed E-state index contributed by atoms with van der Waals surface area (Å²) in [6, 6.07) is -0.926. The maximum atomic E-state index is 11.0. The van der Waals surface area contributed by atoms with Crippen LogP contribution in [0.1, 0.15) is 0 Å². The lowest BCUT2D eigenvalue weighted by Crippen LogP contribution is -2.62. The molecule has 6 nitrogen and oxygen atoms in total. The highest BCUT2D eigenvalue weighted by Crippen LogP contribution is 2.04. The minimum absolute atomic E-state index is 0.337. The van der Waals surface area contributed by atoms with E-state index in [2.05, 4.69) is 20.9 Å². The van der Waals surface area contributed by atoms with Crippen LogP contribution in [0.4, 0.5) is 4.79 Å². The summed E-state index contributed by atoms with van der Waals surface area (Å²) in [6.45, 7) is 0. The molecule has 3 N–H and O–H groups in total. The van der Waals surface area contributed by atoms with Crippen LogP contribution >= 0.6 is 0 Å². The van der Waals surface area contributed by atoms with E-state index in [1.54, 1.807) is 0 Å². The molecule has 0 aromatic heterocycles. The number of carbonyl (C=O) groups is 2. The Morgan fingerprint density at radius 3 is 3.09 bits per heavy atom. The molecule has 11 heavy (non-hydrogen) atoms. The highest BCUT2D eigenvalue weighted by atomic mass is 16.2. The van der Waals surface area contributed by atoms with E-state index in [9.17, 15) is 9.59 Å². The molecule has 2 rings (SSSR count). The fraction of sp³-hybridized carbons (Fsp3) is 0.400. The molecule has 3 amide bonds. The zero-order valence-corrected chi connectivity index (χ0v) is 5.50. The lowest BCUT2D eigenvalue weighted by molar-refractivity contribution is -0.122. The van der Waals surface area contributed by atoms with Gasteiger partial charge in [-0.15, -0.1) is 0 Å². The normalized spacial score (nSPS) is 33.8. The number of aliphatic imine (C=N–C) groups is 1. The average molecular weight is 154 g/mol. The van der Waals surface area contributed by atoms with Crippen LogP contribution in [-0.2, 0) is 4.79 Å². The molecular formula is C5H6N4O2. The largest absolute Gasteiger partial charge is 0.362 e. The Morgan fingerprint density at radius 2 is 2.27 bits per heavy atom. The van der Waals surface area contributed by atoms with Crippen LogP contribution in [0.15, 0.2) is 4.99 Å². The van der Waals surface area contributed by atoms with E-state index in [0.29, 0.717) is 0 Å². The van der Waals surface area contributed by atoms with Crippen LogP contribution in [0.25, 0.3) is 0 Å². The predicted molar refractivity (Wildman–Crippen MR) is 35.9 cm³/mol. The number of imide groups is 1. The van der Waals surface area contributed by atoms with E-state index >= 15 is 0 Å². The summed E-state index contributed by atoms with van der Waals surface area (Å²) in [7, 11) is 0. The molecule has 0 spiro atoms. The maximum Gasteiger partial charge on any atom is 0.323 e. The quantitative estimate of drug-likeness (QED) is 0.383. The van der Waals surface area contributed by atoms with Crippen LogP contribution in [0.2, 0.25) is 0 Å². The Labute approximate surface area is 62.1 Å². The molecular weight excluding hydrogens is 148 g/mol. The molecule has 1 saturated heterocycles. The summed E-state index contributed by atoms with van der Waals surface area (Å²) < 4.78 is 0. The molecule has 0 radical (unpaired) electrons. The zero-order chi connectivity index (χ0) is 7.84. The second kappa shape index (κ2) is 1.94. The summed E-state index contributed by atoms with van der Waals surface area (Å²) in [4.78, 5) is 25.5. The molecule has 2 aliphatic heterocycles. The first-order valence-electron chi connectivity index (χ1n) is 3.16. The lowest BCUT2D eigenvalue weighted by atomic mass is 10.2. The third-order valence-corrected chi connectivity index (χ3v) is 1.60. The van der Waals surface area contributed by atoms with E-state index < -0.39 is 18.2 Å². The number of hydrogen-bond acceptors (Lipinski definition) is 4. The third-order valence-electron chi connectivity index (χ3n) is 1.60. The van der Waals surface area contributed by atoms with Crippen molar-refractivity contribution in [2.24, 2.45) is 4.99 Å². The minimum atomic E-state index is -0.489. The van der Waals surface area contributed by atoms with Crippen LogP contribution in [0, 0.1) is 0 Å². The van der Waals surface area contributed by atoms with Gasteiger partial charge in [-0.2, -0.15) is 0 Å². The molecule has 0 saturated carbocycles. The second-order valence-corrected chi connectivity index (χ2v) is 2.33. The minimum Gasteiger partial charge on any atom is -0.362 e. The Balaban J connectivity index is 2.20. The highest BCUT2D eigenvalue weighted by molar-refractivity contribution is 6.01. The predicted octanol–water partition coefficient (Wildman–Crippen LogP) is -1.85. The number of hydrogen-bond donors (Lipinski definition) is 3. The van der Waals surface area contributed by atoms with Crippen molar-refractivity contribution in [1.29, 1.82) is 0 Å². The van der Waals surface area contributed by atoms with Crippen LogP contribution < -0.4 is 16.0 Å². The van der Waals surface area contributed by atoms with Crippen LogP contribution in [-0.4, -0.2) is 30.5 Å². The highest BCUT2D eigenvalue weighted by Gasteiger charge is 2.36. The number of carbonyl (C=O) groups excluding carboxylic acids is 2. The summed E-state index contributed by atoms with van der Waals surface area (Å²) in [5, 5.41) is 7.31. The fourth-order valence-corrected chi connectivity index (χ4v) is 1.08. The topological polar surface area (TPSA) is 82.6 Å². The summed E-state index contributed by atoms with van der Waals surface area (Å²) >= 11 is 0. The first kappa shape index (κ1) is 6.14. The van der Waals surface area contributed by atoms with Crippen molar-refractivity contribution in [3.8, 4) is 0 Å². The average Bonchev–Trinajstić information content (AvgIpc) is 2.34. The van der Waals surface area contributed by atoms with Gasteiger partial charge in [0.2, 0.25) is 0 Å². The molecule has 6 heteroatoms. The Bertz CT molecular complexity index is 249. The SMILES string of the molecule is O=C1NC(=O)[C@@H]2NC=N[C@@H]2N1. The van der Waals surface area contributed by atoms with Gasteiger partial charge in [-0.1, -0.05) is 0 Å². The third kappa shape index (κ3) is 0.830. The Kier molecular flexibility index (Phi) is 1.09. The van der Waals surface area contributed by atoms with Gasteiger partial charge in [0.15, 0.2) is 6.17 Å². The van der Waals surface area contributed by atoms with Crippen molar-refractivity contribution in [1.82, 2.24) is 16.0 Å². The van der Waals surface area contributed by atoms with Crippen molar-refractivity contribution in [2.45, 2.75) is 12.2 Å². The first-order valence-corrected chi connectivity index (χ1v) is 3.16. The van der Waals surface area contributed by atoms with Gasteiger partial charge in [0.05, 0.1) is 6.34 Å². The summed E-state index contributed by atoms with van der Waals surface area (Å²) in [6.07, 6.45) is 0.983. The number of nitrogens with one attached hydrogen (secondary N) is 3. The first-order chi connectivity index (χ1) is 5.27. The van der Waals surface area contributed by atoms with Gasteiger partial charge in [-0.25, -0.2) is 9.79 Å². The molecule has 58 valence electrons. The molecule has 2 aliphatic rings. The van der Waals surface area contributed by atoms with Gasteiger partial charge >= 0.3 is 6.03 Å². The number of urea groups is 1. The van der Waals surface area contributed by atoms with E-state index in [-0.39, 0.29) is 5.91 Å². The van der Waals surface area contributed by atoms with E-state index in [1.807, 2.05) is 0 Å². The van der Waals surface area contributed by atoms with E-state index in [1.165, 1.54) is 6.34 Å². The molecule has 2 heterocycles. The van der Waals surface area contributed by atoms with Gasteiger partial charge in [-0.05, 0) is 0 Å². The standard InChI is InChI=1S/C5H6N4O2/c10-4-2-3(7-1-6-2)8-5(11)9-4/h1-3H,(H,6,7)(H2,8,9,10,11)/t2-,3-/m1/s1. The van der Waals surface area contributed by atoms with Crippen molar-refractivity contribution in [3.63, 3.8) is 0 Å². The molecule has 2 atom stereocenters. The summed E-state index contributed by atoms with van der Waals surface area (Å²) in [5.74, 6) is -0.337. The summed E-state index contributed by atoms with van der Waals surface area (Å²) in [5.41, 5.74) is 0. The zero-order valence-electron chi connectivity index (χ0n) is 5.50. The van der Waals surface area contributed by atoms with Crippen LogP contribution in [0.3, 0.4) is 0 Å². The van der Waals surface area contributed by atoms with Crippen molar-refractivity contribution in [2.75, 3.05) is 0 Å². The number of amides is 3. The Morgan fingerprint density at radius 1 is 1.45 bits per heavy atom. The van der Waals surface area contributed by atoms with Gasteiger partial charge in [0, 0.05) is 0 Å². The van der Waals surface area contributed by atoms with Gasteiger partial charge in [0.1, 0.15) is 6.04 Å². The molecule has 0 unspecified atom stereocenters. The van der Waals surface area contributed by atoms with Gasteiger partial charge in [0.25, 0.3) is 5.91 Å². The van der Waals surface area contributed by atoms with Crippen LogP contribution in [0.5, 0.6) is 0 Å². The number of fused-ring (bicyclic) bond motifs is 1. The van der Waals surface area contributed by atoms with E-state index in [4.69, 9.17) is 0 Å². The van der Waals surface area contributed by atoms with Crippen molar-refractivity contribution < 1.29 is 9.59 Å². The smallest absolute Gasteiger partial charge is 0.323 e. The molecule has 0 aromatic rings. The van der Waals surface area contributed by atoms with Gasteiger partial charge in [-0.3, -0.25) is 10.1 Å². The maximum absolute atomic E-state index is 11.0. The number of rotatable bonds is 0. The lowest BCUT2D eigenvalue weighted by Gasteiger charge is -2.23. The molecule has 0 aromatic carbocycles. The van der Waals surface area contributed by atoms with Crippen molar-refractivity contribution >= 4 is 18.3 Å². The molecule has 0 bridgehead atoms. The van der Waals surface area contributed by atoms with Crippen molar-refractivity contribution in [3.05, 3.63) is 0 Å². The van der Waals surface area contributed by atoms with Gasteiger partial charge < -0.3 is 10.6 Å². The second-order valence-electron chi connectivity index (χ2n) is 2.33. The monoisotopic (exact) mass is 154 g/mol. The molecule has 0 aliphatic carbocycles. The number of nitrogens with zero attached hydrogens (tertiary/aromatic N) is 1.